The van der Waals surface area contributed by atoms with Gasteiger partial charge in [-0.1, -0.05) is 23.5 Å². The van der Waals surface area contributed by atoms with Crippen LogP contribution in [0.3, 0.4) is 0 Å². The van der Waals surface area contributed by atoms with Crippen LogP contribution in [-0.2, 0) is 16.3 Å². The number of halogens is 1. The summed E-state index contributed by atoms with van der Waals surface area (Å²) in [6, 6.07) is 5.59. The second-order valence-corrected chi connectivity index (χ2v) is 12.8. The fraction of sp³-hybridized carbons (Fsp3) is 0.542. The molecule has 3 heterocycles. The summed E-state index contributed by atoms with van der Waals surface area (Å²) in [6.07, 6.45) is 2.96. The molecule has 4 rings (SSSR count). The molecule has 3 atom stereocenters. The molecule has 35 heavy (non-hydrogen) atoms. The molecule has 2 amide bonds. The molecule has 190 valence electrons. The molecule has 11 heteroatoms. The summed E-state index contributed by atoms with van der Waals surface area (Å²) in [5.74, 6) is -0.190. The maximum atomic E-state index is 13.2. The number of aryl methyl sites for hydroxylation is 1. The summed E-state index contributed by atoms with van der Waals surface area (Å²) >= 11 is 1.10. The van der Waals surface area contributed by atoms with E-state index in [4.69, 9.17) is 0 Å². The number of ketones is 1. The Morgan fingerprint density at radius 2 is 1.97 bits per heavy atom. The Morgan fingerprint density at radius 3 is 2.66 bits per heavy atom. The van der Waals surface area contributed by atoms with E-state index in [0.29, 0.717) is 28.2 Å². The zero-order chi connectivity index (χ0) is 25.2. The highest BCUT2D eigenvalue weighted by Gasteiger charge is 2.40. The number of hydrogen-bond acceptors (Lipinski definition) is 7. The minimum absolute atomic E-state index is 0.0436. The van der Waals surface area contributed by atoms with E-state index in [1.165, 1.54) is 19.1 Å². The van der Waals surface area contributed by atoms with Crippen molar-refractivity contribution in [1.82, 2.24) is 15.2 Å². The average molecular weight is 523 g/mol. The molecule has 2 aliphatic rings. The molecular formula is C24H31FN4O4S2. The second kappa shape index (κ2) is 10.7. The first kappa shape index (κ1) is 25.7. The third-order valence-corrected chi connectivity index (χ3v) is 9.63. The molecule has 2 aliphatic heterocycles. The SMILES string of the molecule is CC(=O)c1sc(NC(=O)N[C@@H]2CS(=O)(=O)C[C@H]2CN2CCCC(Cc3ccc(F)cc3)C2)nc1C. The second-order valence-electron chi connectivity index (χ2n) is 9.63. The number of nitrogens with one attached hydrogen (secondary N) is 2. The monoisotopic (exact) mass is 522 g/mol. The van der Waals surface area contributed by atoms with Crippen molar-refractivity contribution in [2.45, 2.75) is 39.2 Å². The summed E-state index contributed by atoms with van der Waals surface area (Å²) in [6.45, 7) is 5.48. The van der Waals surface area contributed by atoms with Crippen LogP contribution >= 0.6 is 11.3 Å². The van der Waals surface area contributed by atoms with E-state index in [2.05, 4.69) is 20.5 Å². The summed E-state index contributed by atoms with van der Waals surface area (Å²) in [4.78, 5) is 31.2. The molecule has 0 radical (unpaired) electrons. The molecule has 1 aromatic heterocycles. The predicted octanol–water partition coefficient (Wildman–Crippen LogP) is 3.28. The Labute approximate surface area is 209 Å². The van der Waals surface area contributed by atoms with Gasteiger partial charge in [-0.3, -0.25) is 10.1 Å². The van der Waals surface area contributed by atoms with E-state index in [1.54, 1.807) is 6.92 Å². The van der Waals surface area contributed by atoms with Gasteiger partial charge in [0, 0.05) is 32.0 Å². The molecule has 1 aromatic carbocycles. The summed E-state index contributed by atoms with van der Waals surface area (Å²) < 4.78 is 38.0. The number of rotatable bonds is 7. The molecular weight excluding hydrogens is 491 g/mol. The number of amides is 2. The van der Waals surface area contributed by atoms with Gasteiger partial charge in [0.1, 0.15) is 5.82 Å². The summed E-state index contributed by atoms with van der Waals surface area (Å²) in [5, 5.41) is 5.78. The number of likely N-dealkylation sites (tertiary alicyclic amines) is 1. The number of benzene rings is 1. The maximum absolute atomic E-state index is 13.2. The Balaban J connectivity index is 1.35. The lowest BCUT2D eigenvalue weighted by molar-refractivity contribution is 0.102. The fourth-order valence-electron chi connectivity index (χ4n) is 5.11. The number of urea groups is 1. The molecule has 2 saturated heterocycles. The first-order valence-corrected chi connectivity index (χ1v) is 14.4. The van der Waals surface area contributed by atoms with Crippen LogP contribution < -0.4 is 10.6 Å². The number of hydrogen-bond donors (Lipinski definition) is 2. The molecule has 0 aliphatic carbocycles. The number of sulfone groups is 1. The van der Waals surface area contributed by atoms with Crippen LogP contribution in [0.15, 0.2) is 24.3 Å². The van der Waals surface area contributed by atoms with Crippen molar-refractivity contribution < 1.29 is 22.4 Å². The van der Waals surface area contributed by atoms with E-state index in [1.807, 2.05) is 12.1 Å². The molecule has 8 nitrogen and oxygen atoms in total. The number of carbonyl (C=O) groups is 2. The van der Waals surface area contributed by atoms with Crippen LogP contribution in [0.2, 0.25) is 0 Å². The Kier molecular flexibility index (Phi) is 7.87. The molecule has 0 bridgehead atoms. The molecule has 1 unspecified atom stereocenters. The van der Waals surface area contributed by atoms with Crippen molar-refractivity contribution in [3.63, 3.8) is 0 Å². The number of Topliss-reactive ketones (excluding diaryl/α,β-unsaturated/α-hetero) is 1. The van der Waals surface area contributed by atoms with E-state index in [0.717, 1.165) is 49.3 Å². The highest BCUT2D eigenvalue weighted by molar-refractivity contribution is 7.91. The first-order chi connectivity index (χ1) is 16.6. The minimum atomic E-state index is -3.26. The third-order valence-electron chi connectivity index (χ3n) is 6.66. The fourth-order valence-corrected chi connectivity index (χ4v) is 7.99. The predicted molar refractivity (Wildman–Crippen MR) is 134 cm³/mol. The standard InChI is InChI=1S/C24H31FN4O4S2/c1-15-22(16(2)30)34-24(26-15)28-23(31)27-21-14-35(32,33)13-19(21)12-29-9-3-4-18(11-29)10-17-5-7-20(25)8-6-17/h5-8,18-19,21H,3-4,9-14H2,1-2H3,(H2,26,27,28,31)/t18?,19-,21-/m1/s1. The van der Waals surface area contributed by atoms with E-state index < -0.39 is 21.9 Å². The van der Waals surface area contributed by atoms with Gasteiger partial charge in [0.15, 0.2) is 20.8 Å². The van der Waals surface area contributed by atoms with Crippen LogP contribution in [0.1, 0.15) is 40.7 Å². The summed E-state index contributed by atoms with van der Waals surface area (Å²) in [7, 11) is -3.26. The highest BCUT2D eigenvalue weighted by Crippen LogP contribution is 2.26. The van der Waals surface area contributed by atoms with Crippen LogP contribution in [0.25, 0.3) is 0 Å². The normalized spacial score (nSPS) is 24.3. The molecule has 2 N–H and O–H groups in total. The zero-order valence-electron chi connectivity index (χ0n) is 19.9. The van der Waals surface area contributed by atoms with Gasteiger partial charge in [-0.2, -0.15) is 0 Å². The lowest BCUT2D eigenvalue weighted by atomic mass is 9.90. The largest absolute Gasteiger partial charge is 0.334 e. The topological polar surface area (TPSA) is 108 Å². The van der Waals surface area contributed by atoms with Crippen molar-refractivity contribution in [2.75, 3.05) is 36.5 Å². The van der Waals surface area contributed by atoms with E-state index >= 15 is 0 Å². The Bertz CT molecular complexity index is 1180. The number of carbonyl (C=O) groups excluding carboxylic acids is 2. The third kappa shape index (κ3) is 6.86. The lowest BCUT2D eigenvalue weighted by Crippen LogP contribution is -2.47. The highest BCUT2D eigenvalue weighted by atomic mass is 32.2. The first-order valence-electron chi connectivity index (χ1n) is 11.8. The Hall–Kier alpha value is -2.37. The number of thiazole rings is 1. The number of piperidine rings is 1. The Morgan fingerprint density at radius 1 is 1.23 bits per heavy atom. The van der Waals surface area contributed by atoms with E-state index in [-0.39, 0.29) is 29.0 Å². The van der Waals surface area contributed by atoms with Gasteiger partial charge in [-0.15, -0.1) is 0 Å². The van der Waals surface area contributed by atoms with Crippen molar-refractivity contribution >= 4 is 38.1 Å². The van der Waals surface area contributed by atoms with Gasteiger partial charge in [-0.05, 0) is 56.3 Å². The van der Waals surface area contributed by atoms with Crippen LogP contribution in [-0.4, -0.2) is 67.3 Å². The number of aromatic nitrogens is 1. The van der Waals surface area contributed by atoms with Crippen molar-refractivity contribution in [3.8, 4) is 0 Å². The van der Waals surface area contributed by atoms with Crippen molar-refractivity contribution in [3.05, 3.63) is 46.2 Å². The molecule has 2 fully saturated rings. The smallest absolute Gasteiger partial charge is 0.321 e. The number of anilines is 1. The van der Waals surface area contributed by atoms with Crippen LogP contribution in [0.4, 0.5) is 14.3 Å². The molecule has 0 spiro atoms. The van der Waals surface area contributed by atoms with Gasteiger partial charge in [-0.25, -0.2) is 22.6 Å². The molecule has 2 aromatic rings. The van der Waals surface area contributed by atoms with E-state index in [9.17, 15) is 22.4 Å². The lowest BCUT2D eigenvalue weighted by Gasteiger charge is -2.35. The van der Waals surface area contributed by atoms with Gasteiger partial charge in [0.25, 0.3) is 0 Å². The van der Waals surface area contributed by atoms with Crippen LogP contribution in [0.5, 0.6) is 0 Å². The summed E-state index contributed by atoms with van der Waals surface area (Å²) in [5.41, 5.74) is 1.66. The van der Waals surface area contributed by atoms with Gasteiger partial charge < -0.3 is 10.2 Å². The number of nitrogens with zero attached hydrogens (tertiary/aromatic N) is 2. The molecule has 0 saturated carbocycles. The minimum Gasteiger partial charge on any atom is -0.334 e. The van der Waals surface area contributed by atoms with Crippen molar-refractivity contribution in [2.24, 2.45) is 11.8 Å². The van der Waals surface area contributed by atoms with Gasteiger partial charge in [0.2, 0.25) is 0 Å². The van der Waals surface area contributed by atoms with Crippen molar-refractivity contribution in [1.29, 1.82) is 0 Å². The average Bonchev–Trinajstić information content (AvgIpc) is 3.27. The quantitative estimate of drug-likeness (QED) is 0.541. The van der Waals surface area contributed by atoms with Gasteiger partial charge >= 0.3 is 6.03 Å². The van der Waals surface area contributed by atoms with Crippen LogP contribution in [0, 0.1) is 24.6 Å². The van der Waals surface area contributed by atoms with Gasteiger partial charge in [0.05, 0.1) is 22.1 Å². The zero-order valence-corrected chi connectivity index (χ0v) is 21.6. The maximum Gasteiger partial charge on any atom is 0.321 e.